The highest BCUT2D eigenvalue weighted by Gasteiger charge is 2.59. The summed E-state index contributed by atoms with van der Waals surface area (Å²) in [6.07, 6.45) is 8.62. The van der Waals surface area contributed by atoms with E-state index >= 15 is 0 Å². The minimum absolute atomic E-state index is 0.722. The third kappa shape index (κ3) is 0.492. The molecule has 0 radical (unpaired) electrons. The Morgan fingerprint density at radius 3 is 1.80 bits per heavy atom. The van der Waals surface area contributed by atoms with E-state index < -0.39 is 0 Å². The minimum atomic E-state index is 0.722. The van der Waals surface area contributed by atoms with Crippen molar-refractivity contribution in [3.63, 3.8) is 0 Å². The van der Waals surface area contributed by atoms with Crippen LogP contribution < -0.4 is 0 Å². The molecule has 0 unspecified atom stereocenters. The predicted octanol–water partition coefficient (Wildman–Crippen LogP) is 2.75. The molecule has 2 fully saturated rings. The Bertz CT molecular complexity index is 192. The summed E-state index contributed by atoms with van der Waals surface area (Å²) in [4.78, 5) is 0. The molecule has 0 atom stereocenters. The normalized spacial score (nSPS) is 35.5. The van der Waals surface area contributed by atoms with Gasteiger partial charge in [-0.1, -0.05) is 11.6 Å². The fourth-order valence-corrected chi connectivity index (χ4v) is 2.66. The molecule has 0 saturated heterocycles. The van der Waals surface area contributed by atoms with Gasteiger partial charge >= 0.3 is 0 Å². The second kappa shape index (κ2) is 1.34. The van der Waals surface area contributed by atoms with Crippen LogP contribution in [0.3, 0.4) is 0 Å². The standard InChI is InChI=1S/C10H14/c1-7-6-10(7,8-2-3-8)9-4-5-9/h6,8-9H,2-5H2,1H3. The van der Waals surface area contributed by atoms with Crippen LogP contribution in [0.25, 0.3) is 0 Å². The van der Waals surface area contributed by atoms with Crippen molar-refractivity contribution in [2.24, 2.45) is 17.3 Å². The van der Waals surface area contributed by atoms with Crippen molar-refractivity contribution in [3.05, 3.63) is 11.6 Å². The van der Waals surface area contributed by atoms with Crippen LogP contribution in [-0.2, 0) is 0 Å². The van der Waals surface area contributed by atoms with Crippen LogP contribution >= 0.6 is 0 Å². The molecule has 2 saturated carbocycles. The van der Waals surface area contributed by atoms with Crippen LogP contribution in [0.1, 0.15) is 32.6 Å². The van der Waals surface area contributed by atoms with Crippen molar-refractivity contribution in [2.75, 3.05) is 0 Å². The van der Waals surface area contributed by atoms with E-state index in [1.807, 2.05) is 0 Å². The van der Waals surface area contributed by atoms with Crippen LogP contribution in [-0.4, -0.2) is 0 Å². The van der Waals surface area contributed by atoms with Crippen LogP contribution in [0, 0.1) is 17.3 Å². The van der Waals surface area contributed by atoms with Crippen molar-refractivity contribution in [1.29, 1.82) is 0 Å². The first-order valence-electron chi connectivity index (χ1n) is 4.54. The maximum atomic E-state index is 2.54. The van der Waals surface area contributed by atoms with Crippen molar-refractivity contribution >= 4 is 0 Å². The molecule has 0 aromatic carbocycles. The molecule has 0 nitrogen and oxygen atoms in total. The Kier molecular flexibility index (Phi) is 0.725. The van der Waals surface area contributed by atoms with Crippen LogP contribution in [0.2, 0.25) is 0 Å². The van der Waals surface area contributed by atoms with Gasteiger partial charge in [-0.3, -0.25) is 0 Å². The summed E-state index contributed by atoms with van der Waals surface area (Å²) < 4.78 is 0. The first-order chi connectivity index (χ1) is 4.84. The van der Waals surface area contributed by atoms with Crippen molar-refractivity contribution in [1.82, 2.24) is 0 Å². The van der Waals surface area contributed by atoms with Gasteiger partial charge in [0.1, 0.15) is 0 Å². The number of allylic oxidation sites excluding steroid dienone is 2. The summed E-state index contributed by atoms with van der Waals surface area (Å²) >= 11 is 0. The zero-order valence-electron chi connectivity index (χ0n) is 6.56. The molecule has 0 bridgehead atoms. The largest absolute Gasteiger partial charge is 0.0739 e. The van der Waals surface area contributed by atoms with Gasteiger partial charge in [-0.15, -0.1) is 0 Å². The van der Waals surface area contributed by atoms with Gasteiger partial charge in [0.05, 0.1) is 0 Å². The lowest BCUT2D eigenvalue weighted by atomic mass is 9.88. The predicted molar refractivity (Wildman–Crippen MR) is 41.6 cm³/mol. The van der Waals surface area contributed by atoms with Gasteiger partial charge in [0.15, 0.2) is 0 Å². The highest BCUT2D eigenvalue weighted by atomic mass is 14.6. The number of rotatable bonds is 2. The van der Waals surface area contributed by atoms with E-state index in [9.17, 15) is 0 Å². The molecule has 0 heterocycles. The monoisotopic (exact) mass is 134 g/mol. The van der Waals surface area contributed by atoms with E-state index in [1.54, 1.807) is 5.57 Å². The summed E-state index contributed by atoms with van der Waals surface area (Å²) in [6, 6.07) is 0. The number of hydrogen-bond donors (Lipinski definition) is 0. The Morgan fingerprint density at radius 2 is 1.60 bits per heavy atom. The fraction of sp³-hybridized carbons (Fsp3) is 0.800. The molecule has 0 spiro atoms. The van der Waals surface area contributed by atoms with Gasteiger partial charge in [0, 0.05) is 5.41 Å². The van der Waals surface area contributed by atoms with Gasteiger partial charge in [0.25, 0.3) is 0 Å². The first-order valence-corrected chi connectivity index (χ1v) is 4.54. The van der Waals surface area contributed by atoms with Gasteiger partial charge in [-0.2, -0.15) is 0 Å². The molecule has 0 heteroatoms. The highest BCUT2D eigenvalue weighted by Crippen LogP contribution is 2.69. The maximum Gasteiger partial charge on any atom is 0.0148 e. The van der Waals surface area contributed by atoms with Gasteiger partial charge < -0.3 is 0 Å². The second-order valence-electron chi connectivity index (χ2n) is 4.31. The van der Waals surface area contributed by atoms with E-state index in [1.165, 1.54) is 25.7 Å². The van der Waals surface area contributed by atoms with E-state index in [0.717, 1.165) is 17.3 Å². The molecular formula is C10H14. The van der Waals surface area contributed by atoms with Gasteiger partial charge in [-0.25, -0.2) is 0 Å². The summed E-state index contributed by atoms with van der Waals surface area (Å²) in [5.41, 5.74) is 2.44. The zero-order valence-corrected chi connectivity index (χ0v) is 6.56. The smallest absolute Gasteiger partial charge is 0.0148 e. The summed E-state index contributed by atoms with van der Waals surface area (Å²) in [5.74, 6) is 2.19. The molecule has 0 aromatic rings. The lowest BCUT2D eigenvalue weighted by Crippen LogP contribution is -2.09. The van der Waals surface area contributed by atoms with E-state index in [4.69, 9.17) is 0 Å². The molecule has 3 aliphatic carbocycles. The molecule has 10 heavy (non-hydrogen) atoms. The van der Waals surface area contributed by atoms with Crippen molar-refractivity contribution < 1.29 is 0 Å². The fourth-order valence-electron chi connectivity index (χ4n) is 2.66. The Labute approximate surface area is 62.3 Å². The highest BCUT2D eigenvalue weighted by molar-refractivity contribution is 5.43. The van der Waals surface area contributed by atoms with Crippen LogP contribution in [0.15, 0.2) is 11.6 Å². The topological polar surface area (TPSA) is 0 Å². The zero-order chi connectivity index (χ0) is 6.77. The molecular weight excluding hydrogens is 120 g/mol. The number of hydrogen-bond acceptors (Lipinski definition) is 0. The molecule has 3 aliphatic rings. The molecule has 54 valence electrons. The molecule has 3 rings (SSSR count). The molecule has 0 N–H and O–H groups in total. The lowest BCUT2D eigenvalue weighted by Gasteiger charge is -2.14. The first kappa shape index (κ1) is 5.40. The third-order valence-corrected chi connectivity index (χ3v) is 3.56. The molecule has 0 aromatic heterocycles. The maximum absolute atomic E-state index is 2.54. The van der Waals surface area contributed by atoms with Gasteiger partial charge in [0.2, 0.25) is 0 Å². The summed E-state index contributed by atoms with van der Waals surface area (Å²) in [7, 11) is 0. The Morgan fingerprint density at radius 1 is 1.20 bits per heavy atom. The molecule has 0 amide bonds. The quantitative estimate of drug-likeness (QED) is 0.509. The Hall–Kier alpha value is -0.260. The van der Waals surface area contributed by atoms with E-state index in [2.05, 4.69) is 13.0 Å². The summed E-state index contributed by atoms with van der Waals surface area (Å²) in [5, 5.41) is 0. The average molecular weight is 134 g/mol. The van der Waals surface area contributed by atoms with E-state index in [0.29, 0.717) is 0 Å². The van der Waals surface area contributed by atoms with E-state index in [-0.39, 0.29) is 0 Å². The second-order valence-corrected chi connectivity index (χ2v) is 4.31. The Balaban J connectivity index is 1.85. The van der Waals surface area contributed by atoms with Crippen molar-refractivity contribution in [3.8, 4) is 0 Å². The van der Waals surface area contributed by atoms with Crippen molar-refractivity contribution in [2.45, 2.75) is 32.6 Å². The minimum Gasteiger partial charge on any atom is -0.0739 e. The van der Waals surface area contributed by atoms with Crippen LogP contribution in [0.4, 0.5) is 0 Å². The van der Waals surface area contributed by atoms with Gasteiger partial charge in [-0.05, 0) is 44.4 Å². The molecule has 0 aliphatic heterocycles. The summed E-state index contributed by atoms with van der Waals surface area (Å²) in [6.45, 7) is 2.33. The third-order valence-electron chi connectivity index (χ3n) is 3.56. The average Bonchev–Trinajstić information content (AvgIpc) is 2.71. The lowest BCUT2D eigenvalue weighted by molar-refractivity contribution is 0.413. The SMILES string of the molecule is CC1=CC1(C1CC1)C1CC1. The van der Waals surface area contributed by atoms with Crippen LogP contribution in [0.5, 0.6) is 0 Å².